The molecule has 0 bridgehead atoms. The van der Waals surface area contributed by atoms with Gasteiger partial charge in [-0.05, 0) is 19.8 Å². The molecular formula is C12H18N2O5. The summed E-state index contributed by atoms with van der Waals surface area (Å²) < 4.78 is 4.58. The number of Topliss-reactive ketones (excluding diaryl/α,β-unsaturated/α-hetero) is 1. The maximum atomic E-state index is 11.8. The molecule has 0 radical (unpaired) electrons. The Labute approximate surface area is 111 Å². The minimum absolute atomic E-state index is 0.0719. The van der Waals surface area contributed by atoms with E-state index < -0.39 is 24.0 Å². The van der Waals surface area contributed by atoms with E-state index in [-0.39, 0.29) is 24.5 Å². The van der Waals surface area contributed by atoms with Crippen molar-refractivity contribution in [3.63, 3.8) is 0 Å². The summed E-state index contributed by atoms with van der Waals surface area (Å²) in [6, 6.07) is -1.48. The first kappa shape index (κ1) is 15.1. The third-order valence-electron chi connectivity index (χ3n) is 2.90. The van der Waals surface area contributed by atoms with Crippen molar-refractivity contribution in [2.75, 3.05) is 7.11 Å². The summed E-state index contributed by atoms with van der Waals surface area (Å²) in [5.41, 5.74) is 0. The molecule has 0 unspecified atom stereocenters. The predicted molar refractivity (Wildman–Crippen MR) is 65.0 cm³/mol. The fourth-order valence-electron chi connectivity index (χ4n) is 1.82. The molecule has 1 rings (SSSR count). The Balaban J connectivity index is 2.55. The Hall–Kier alpha value is -1.92. The number of hydrogen-bond acceptors (Lipinski definition) is 5. The van der Waals surface area contributed by atoms with Crippen LogP contribution in [0.5, 0.6) is 0 Å². The average molecular weight is 270 g/mol. The number of nitrogens with one attached hydrogen (secondary N) is 2. The highest BCUT2D eigenvalue weighted by Crippen LogP contribution is 2.08. The minimum Gasteiger partial charge on any atom is -0.467 e. The van der Waals surface area contributed by atoms with E-state index in [2.05, 4.69) is 15.4 Å². The number of amides is 2. The molecule has 0 aromatic heterocycles. The largest absolute Gasteiger partial charge is 0.467 e. The van der Waals surface area contributed by atoms with E-state index in [1.165, 1.54) is 14.0 Å². The molecule has 1 aliphatic rings. The van der Waals surface area contributed by atoms with E-state index >= 15 is 0 Å². The number of carbonyl (C=O) groups is 4. The molecule has 1 aliphatic heterocycles. The van der Waals surface area contributed by atoms with Crippen molar-refractivity contribution in [2.24, 2.45) is 0 Å². The minimum atomic E-state index is -0.862. The summed E-state index contributed by atoms with van der Waals surface area (Å²) in [5, 5.41) is 5.02. The van der Waals surface area contributed by atoms with Crippen molar-refractivity contribution in [3.8, 4) is 0 Å². The summed E-state index contributed by atoms with van der Waals surface area (Å²) >= 11 is 0. The van der Waals surface area contributed by atoms with Gasteiger partial charge in [-0.15, -0.1) is 0 Å². The first-order valence-electron chi connectivity index (χ1n) is 6.11. The molecule has 1 saturated heterocycles. The topological polar surface area (TPSA) is 102 Å². The first-order chi connectivity index (χ1) is 8.93. The summed E-state index contributed by atoms with van der Waals surface area (Å²) in [6.07, 6.45) is 1.07. The fraction of sp³-hybridized carbons (Fsp3) is 0.667. The molecule has 106 valence electrons. The van der Waals surface area contributed by atoms with Gasteiger partial charge in [0.05, 0.1) is 7.11 Å². The lowest BCUT2D eigenvalue weighted by Gasteiger charge is -2.18. The van der Waals surface area contributed by atoms with E-state index in [1.54, 1.807) is 0 Å². The van der Waals surface area contributed by atoms with E-state index in [4.69, 9.17) is 0 Å². The van der Waals surface area contributed by atoms with E-state index in [1.807, 2.05) is 0 Å². The lowest BCUT2D eigenvalue weighted by molar-refractivity contribution is -0.145. The van der Waals surface area contributed by atoms with Crippen LogP contribution >= 0.6 is 0 Å². The lowest BCUT2D eigenvalue weighted by Crippen LogP contribution is -2.49. The van der Waals surface area contributed by atoms with Gasteiger partial charge in [-0.3, -0.25) is 9.59 Å². The van der Waals surface area contributed by atoms with E-state index in [0.29, 0.717) is 12.8 Å². The molecule has 0 spiro atoms. The predicted octanol–water partition coefficient (Wildman–Crippen LogP) is -0.708. The number of methoxy groups -OCH3 is 1. The standard InChI is InChI=1S/C12H18N2O5/c1-7(15)3-4-9(12(18)19-2)14-11(17)8-5-6-10(16)13-8/h8-9H,3-6H2,1-2H3,(H,13,16)(H,14,17)/t8-,9+/m0/s1. The first-order valence-corrected chi connectivity index (χ1v) is 6.11. The second-order valence-corrected chi connectivity index (χ2v) is 4.48. The Morgan fingerprint density at radius 2 is 2.16 bits per heavy atom. The third kappa shape index (κ3) is 4.69. The van der Waals surface area contributed by atoms with Crippen LogP contribution in [0.25, 0.3) is 0 Å². The van der Waals surface area contributed by atoms with Gasteiger partial charge in [0.25, 0.3) is 0 Å². The zero-order valence-corrected chi connectivity index (χ0v) is 11.0. The van der Waals surface area contributed by atoms with Gasteiger partial charge in [-0.2, -0.15) is 0 Å². The quantitative estimate of drug-likeness (QED) is 0.621. The molecule has 2 atom stereocenters. The van der Waals surface area contributed by atoms with Crippen molar-refractivity contribution >= 4 is 23.6 Å². The van der Waals surface area contributed by atoms with Crippen LogP contribution in [0, 0.1) is 0 Å². The maximum absolute atomic E-state index is 11.8. The number of rotatable bonds is 6. The molecule has 2 amide bonds. The van der Waals surface area contributed by atoms with Gasteiger partial charge in [0, 0.05) is 12.8 Å². The normalized spacial score (nSPS) is 19.5. The van der Waals surface area contributed by atoms with Gasteiger partial charge in [0.1, 0.15) is 17.9 Å². The van der Waals surface area contributed by atoms with Crippen molar-refractivity contribution < 1.29 is 23.9 Å². The number of hydrogen-bond donors (Lipinski definition) is 2. The molecule has 0 saturated carbocycles. The van der Waals surface area contributed by atoms with Crippen LogP contribution in [0.3, 0.4) is 0 Å². The molecular weight excluding hydrogens is 252 g/mol. The van der Waals surface area contributed by atoms with Crippen LogP contribution in [0.1, 0.15) is 32.6 Å². The summed E-state index contributed by atoms with van der Waals surface area (Å²) in [7, 11) is 1.21. The highest BCUT2D eigenvalue weighted by Gasteiger charge is 2.30. The van der Waals surface area contributed by atoms with Crippen molar-refractivity contribution in [1.29, 1.82) is 0 Å². The molecule has 1 fully saturated rings. The lowest BCUT2D eigenvalue weighted by atomic mass is 10.1. The molecule has 1 heterocycles. The van der Waals surface area contributed by atoms with E-state index in [9.17, 15) is 19.2 Å². The van der Waals surface area contributed by atoms with Gasteiger partial charge in [0.2, 0.25) is 11.8 Å². The summed E-state index contributed by atoms with van der Waals surface area (Å²) in [6.45, 7) is 1.41. The molecule has 2 N–H and O–H groups in total. The van der Waals surface area contributed by atoms with E-state index in [0.717, 1.165) is 0 Å². The Bertz CT molecular complexity index is 394. The zero-order valence-electron chi connectivity index (χ0n) is 11.0. The zero-order chi connectivity index (χ0) is 14.4. The Morgan fingerprint density at radius 1 is 1.47 bits per heavy atom. The summed E-state index contributed by atoms with van der Waals surface area (Å²) in [5.74, 6) is -1.28. The van der Waals surface area contributed by atoms with Crippen LogP contribution in [0.2, 0.25) is 0 Å². The number of carbonyl (C=O) groups excluding carboxylic acids is 4. The van der Waals surface area contributed by atoms with Gasteiger partial charge >= 0.3 is 5.97 Å². The van der Waals surface area contributed by atoms with Crippen LogP contribution in [0.15, 0.2) is 0 Å². The average Bonchev–Trinajstić information content (AvgIpc) is 2.79. The summed E-state index contributed by atoms with van der Waals surface area (Å²) in [4.78, 5) is 45.3. The van der Waals surface area contributed by atoms with Gasteiger partial charge in [-0.25, -0.2) is 4.79 Å². The van der Waals surface area contributed by atoms with Crippen molar-refractivity contribution in [3.05, 3.63) is 0 Å². The van der Waals surface area contributed by atoms with Crippen LogP contribution in [-0.4, -0.2) is 42.8 Å². The molecule has 19 heavy (non-hydrogen) atoms. The second-order valence-electron chi connectivity index (χ2n) is 4.48. The highest BCUT2D eigenvalue weighted by atomic mass is 16.5. The van der Waals surface area contributed by atoms with Gasteiger partial charge < -0.3 is 20.2 Å². The number of esters is 1. The monoisotopic (exact) mass is 270 g/mol. The SMILES string of the molecule is COC(=O)[C@@H](CCC(C)=O)NC(=O)[C@@H]1CCC(=O)N1. The fourth-order valence-corrected chi connectivity index (χ4v) is 1.82. The third-order valence-corrected chi connectivity index (χ3v) is 2.90. The van der Waals surface area contributed by atoms with Gasteiger partial charge in [-0.1, -0.05) is 0 Å². The van der Waals surface area contributed by atoms with Gasteiger partial charge in [0.15, 0.2) is 0 Å². The number of ketones is 1. The Kier molecular flexibility index (Phi) is 5.47. The smallest absolute Gasteiger partial charge is 0.328 e. The maximum Gasteiger partial charge on any atom is 0.328 e. The molecule has 7 heteroatoms. The second kappa shape index (κ2) is 6.86. The molecule has 0 aliphatic carbocycles. The van der Waals surface area contributed by atoms with Crippen LogP contribution < -0.4 is 10.6 Å². The molecule has 7 nitrogen and oxygen atoms in total. The molecule has 0 aromatic rings. The van der Waals surface area contributed by atoms with Crippen LogP contribution in [-0.2, 0) is 23.9 Å². The number of ether oxygens (including phenoxy) is 1. The Morgan fingerprint density at radius 3 is 2.63 bits per heavy atom. The molecule has 0 aromatic carbocycles. The van der Waals surface area contributed by atoms with Crippen molar-refractivity contribution in [2.45, 2.75) is 44.7 Å². The van der Waals surface area contributed by atoms with Crippen molar-refractivity contribution in [1.82, 2.24) is 10.6 Å². The van der Waals surface area contributed by atoms with Crippen LogP contribution in [0.4, 0.5) is 0 Å². The highest BCUT2D eigenvalue weighted by molar-refractivity contribution is 5.93.